The third-order valence-corrected chi connectivity index (χ3v) is 5.40. The van der Waals surface area contributed by atoms with Crippen LogP contribution in [-0.2, 0) is 6.54 Å². The minimum absolute atomic E-state index is 0.0438. The van der Waals surface area contributed by atoms with Crippen molar-refractivity contribution in [1.82, 2.24) is 4.90 Å². The lowest BCUT2D eigenvalue weighted by Crippen LogP contribution is -2.29. The van der Waals surface area contributed by atoms with E-state index in [0.29, 0.717) is 23.7 Å². The molecule has 3 heterocycles. The molecule has 1 atom stereocenters. The molecule has 7 heteroatoms. The first kappa shape index (κ1) is 19.8. The van der Waals surface area contributed by atoms with Crippen molar-refractivity contribution in [2.24, 2.45) is 0 Å². The van der Waals surface area contributed by atoms with E-state index in [-0.39, 0.29) is 28.8 Å². The number of carbonyl (C=O) groups excluding carboxylic acids is 1. The highest BCUT2D eigenvalue weighted by Gasteiger charge is 2.43. The highest BCUT2D eigenvalue weighted by Crippen LogP contribution is 2.39. The van der Waals surface area contributed by atoms with Crippen LogP contribution in [0.15, 0.2) is 87.1 Å². The van der Waals surface area contributed by atoms with Gasteiger partial charge in [0, 0.05) is 0 Å². The summed E-state index contributed by atoms with van der Waals surface area (Å²) in [5, 5.41) is 0.0901. The van der Waals surface area contributed by atoms with Gasteiger partial charge in [-0.15, -0.1) is 0 Å². The van der Waals surface area contributed by atoms with Crippen LogP contribution < -0.4 is 10.2 Å². The van der Waals surface area contributed by atoms with Gasteiger partial charge in [0.25, 0.3) is 5.91 Å². The van der Waals surface area contributed by atoms with Gasteiger partial charge in [0.15, 0.2) is 5.43 Å². The summed E-state index contributed by atoms with van der Waals surface area (Å²) in [6.45, 7) is 4.12. The van der Waals surface area contributed by atoms with Crippen molar-refractivity contribution in [3.8, 4) is 5.75 Å². The van der Waals surface area contributed by atoms with Crippen molar-refractivity contribution in [2.45, 2.75) is 12.6 Å². The number of carbonyl (C=O) groups is 1. The molecule has 32 heavy (non-hydrogen) atoms. The number of amides is 1. The van der Waals surface area contributed by atoms with Gasteiger partial charge in [-0.1, -0.05) is 24.8 Å². The molecule has 4 aromatic rings. The monoisotopic (exact) mass is 431 g/mol. The summed E-state index contributed by atoms with van der Waals surface area (Å²) in [5.74, 6) is 0.157. The van der Waals surface area contributed by atoms with Gasteiger partial charge in [-0.25, -0.2) is 4.39 Å². The third kappa shape index (κ3) is 3.28. The van der Waals surface area contributed by atoms with Crippen molar-refractivity contribution in [2.75, 3.05) is 6.61 Å². The normalized spacial score (nSPS) is 15.2. The number of fused-ring (bicyclic) bond motifs is 2. The zero-order valence-electron chi connectivity index (χ0n) is 16.9. The van der Waals surface area contributed by atoms with Crippen molar-refractivity contribution in [3.05, 3.63) is 112 Å². The Labute approximate surface area is 182 Å². The van der Waals surface area contributed by atoms with Crippen LogP contribution in [0.25, 0.3) is 11.0 Å². The number of halogens is 1. The van der Waals surface area contributed by atoms with Gasteiger partial charge in [-0.05, 0) is 48.0 Å². The summed E-state index contributed by atoms with van der Waals surface area (Å²) in [6.07, 6.45) is 3.16. The summed E-state index contributed by atoms with van der Waals surface area (Å²) < 4.78 is 30.6. The first-order valence-electron chi connectivity index (χ1n) is 10.00. The van der Waals surface area contributed by atoms with E-state index in [0.717, 1.165) is 6.07 Å². The molecular weight excluding hydrogens is 413 g/mol. The summed E-state index contributed by atoms with van der Waals surface area (Å²) in [7, 11) is 0. The van der Waals surface area contributed by atoms with Gasteiger partial charge >= 0.3 is 0 Å². The first-order chi connectivity index (χ1) is 15.6. The average molecular weight is 431 g/mol. The molecule has 1 aliphatic heterocycles. The molecular formula is C25H18FNO5. The Kier molecular flexibility index (Phi) is 4.86. The number of ether oxygens (including phenoxy) is 1. The molecule has 2 aromatic heterocycles. The number of furan rings is 1. The number of rotatable bonds is 6. The SMILES string of the molecule is C=CCOc1ccc(C2c3c(oc4ccc(F)cc4c3=O)C(=O)N2Cc2ccco2)cc1. The lowest BCUT2D eigenvalue weighted by molar-refractivity contribution is 0.0701. The molecule has 0 saturated carbocycles. The van der Waals surface area contributed by atoms with Crippen LogP contribution in [0.1, 0.15) is 33.5 Å². The molecule has 0 bridgehead atoms. The van der Waals surface area contributed by atoms with Crippen LogP contribution in [0, 0.1) is 5.82 Å². The van der Waals surface area contributed by atoms with Crippen LogP contribution in [0.4, 0.5) is 4.39 Å². The predicted molar refractivity (Wildman–Crippen MR) is 115 cm³/mol. The van der Waals surface area contributed by atoms with Gasteiger partial charge in [-0.2, -0.15) is 0 Å². The number of hydrogen-bond acceptors (Lipinski definition) is 5. The van der Waals surface area contributed by atoms with Crippen molar-refractivity contribution >= 4 is 16.9 Å². The van der Waals surface area contributed by atoms with E-state index in [4.69, 9.17) is 13.6 Å². The summed E-state index contributed by atoms with van der Waals surface area (Å²) in [5.41, 5.74) is 0.598. The van der Waals surface area contributed by atoms with E-state index in [2.05, 4.69) is 6.58 Å². The maximum Gasteiger partial charge on any atom is 0.291 e. The lowest BCUT2D eigenvalue weighted by Gasteiger charge is -2.24. The zero-order chi connectivity index (χ0) is 22.2. The highest BCUT2D eigenvalue weighted by atomic mass is 19.1. The van der Waals surface area contributed by atoms with Gasteiger partial charge in [0.05, 0.1) is 29.8 Å². The molecule has 5 rings (SSSR count). The van der Waals surface area contributed by atoms with Gasteiger partial charge in [0.1, 0.15) is 29.5 Å². The molecule has 0 N–H and O–H groups in total. The van der Waals surface area contributed by atoms with Crippen LogP contribution in [0.5, 0.6) is 5.75 Å². The van der Waals surface area contributed by atoms with E-state index in [1.807, 2.05) is 0 Å². The lowest BCUT2D eigenvalue weighted by atomic mass is 9.98. The maximum absolute atomic E-state index is 13.8. The molecule has 0 radical (unpaired) electrons. The number of benzene rings is 2. The van der Waals surface area contributed by atoms with Crippen LogP contribution >= 0.6 is 0 Å². The number of nitrogens with zero attached hydrogens (tertiary/aromatic N) is 1. The van der Waals surface area contributed by atoms with Crippen molar-refractivity contribution in [1.29, 1.82) is 0 Å². The quantitative estimate of drug-likeness (QED) is 0.409. The van der Waals surface area contributed by atoms with E-state index in [1.54, 1.807) is 42.5 Å². The smallest absolute Gasteiger partial charge is 0.291 e. The Bertz CT molecular complexity index is 1370. The average Bonchev–Trinajstić information content (AvgIpc) is 3.41. The molecule has 6 nitrogen and oxygen atoms in total. The fraction of sp³-hybridized carbons (Fsp3) is 0.120. The summed E-state index contributed by atoms with van der Waals surface area (Å²) >= 11 is 0. The Morgan fingerprint density at radius 2 is 1.94 bits per heavy atom. The molecule has 1 amide bonds. The second-order valence-electron chi connectivity index (χ2n) is 7.40. The molecule has 1 aliphatic rings. The fourth-order valence-corrected chi connectivity index (χ4v) is 3.97. The first-order valence-corrected chi connectivity index (χ1v) is 10.00. The topological polar surface area (TPSA) is 72.9 Å². The minimum Gasteiger partial charge on any atom is -0.490 e. The summed E-state index contributed by atoms with van der Waals surface area (Å²) in [4.78, 5) is 28.2. The van der Waals surface area contributed by atoms with E-state index in [1.165, 1.54) is 23.3 Å². The Balaban J connectivity index is 1.67. The molecule has 0 saturated heterocycles. The molecule has 0 fully saturated rings. The second kappa shape index (κ2) is 7.85. The minimum atomic E-state index is -0.722. The zero-order valence-corrected chi connectivity index (χ0v) is 16.9. The fourth-order valence-electron chi connectivity index (χ4n) is 3.97. The molecule has 1 unspecified atom stereocenters. The standard InChI is InChI=1S/C25H18FNO5/c1-2-11-30-17-8-5-15(6-9-17)22-21-23(28)19-13-16(26)7-10-20(19)32-24(21)25(29)27(22)14-18-4-3-12-31-18/h2-10,12-13,22H,1,11,14H2. The van der Waals surface area contributed by atoms with Crippen LogP contribution in [-0.4, -0.2) is 17.4 Å². The van der Waals surface area contributed by atoms with Gasteiger partial charge < -0.3 is 18.5 Å². The van der Waals surface area contributed by atoms with Crippen LogP contribution in [0.3, 0.4) is 0 Å². The van der Waals surface area contributed by atoms with E-state index >= 15 is 0 Å². The molecule has 160 valence electrons. The Hall–Kier alpha value is -4.13. The van der Waals surface area contributed by atoms with Gasteiger partial charge in [0.2, 0.25) is 5.76 Å². The van der Waals surface area contributed by atoms with Crippen molar-refractivity contribution < 1.29 is 22.8 Å². The molecule has 0 aliphatic carbocycles. The molecule has 2 aromatic carbocycles. The van der Waals surface area contributed by atoms with Crippen LogP contribution in [0.2, 0.25) is 0 Å². The highest BCUT2D eigenvalue weighted by molar-refractivity contribution is 5.99. The maximum atomic E-state index is 13.8. The largest absolute Gasteiger partial charge is 0.490 e. The predicted octanol–water partition coefficient (Wildman–Crippen LogP) is 4.84. The third-order valence-electron chi connectivity index (χ3n) is 5.40. The van der Waals surface area contributed by atoms with Gasteiger partial charge in [-0.3, -0.25) is 9.59 Å². The second-order valence-corrected chi connectivity index (χ2v) is 7.40. The summed E-state index contributed by atoms with van der Waals surface area (Å²) in [6, 6.07) is 13.5. The van der Waals surface area contributed by atoms with E-state index in [9.17, 15) is 14.0 Å². The number of hydrogen-bond donors (Lipinski definition) is 0. The molecule has 0 spiro atoms. The van der Waals surface area contributed by atoms with Crippen molar-refractivity contribution in [3.63, 3.8) is 0 Å². The Morgan fingerprint density at radius 1 is 1.12 bits per heavy atom. The van der Waals surface area contributed by atoms with E-state index < -0.39 is 23.2 Å². The Morgan fingerprint density at radius 3 is 2.66 bits per heavy atom.